The SMILES string of the molecule is Cc1ccnn1-c1cccc(NC(=O)c2ccccc2NC(=O)c2ccc([N+](=O)[O-])cc2Cl)c1. The molecule has 4 aromatic rings. The Hall–Kier alpha value is -4.50. The van der Waals surface area contributed by atoms with Gasteiger partial charge < -0.3 is 10.6 Å². The van der Waals surface area contributed by atoms with Crippen molar-refractivity contribution in [3.8, 4) is 5.69 Å². The molecule has 3 aromatic carbocycles. The second-order valence-corrected chi connectivity index (χ2v) is 7.72. The van der Waals surface area contributed by atoms with Crippen molar-refractivity contribution in [2.75, 3.05) is 10.6 Å². The number of carbonyl (C=O) groups is 2. The van der Waals surface area contributed by atoms with Crippen LogP contribution < -0.4 is 10.6 Å². The van der Waals surface area contributed by atoms with E-state index in [-0.39, 0.29) is 27.5 Å². The van der Waals surface area contributed by atoms with Crippen molar-refractivity contribution in [3.63, 3.8) is 0 Å². The Balaban J connectivity index is 1.55. The number of non-ortho nitro benzene ring substituents is 1. The Morgan fingerprint density at radius 1 is 0.941 bits per heavy atom. The molecule has 9 nitrogen and oxygen atoms in total. The lowest BCUT2D eigenvalue weighted by Gasteiger charge is -2.13. The van der Waals surface area contributed by atoms with Crippen LogP contribution in [0.15, 0.2) is 79.0 Å². The Kier molecular flexibility index (Phi) is 6.37. The number of rotatable bonds is 6. The van der Waals surface area contributed by atoms with Crippen LogP contribution in [-0.4, -0.2) is 26.5 Å². The molecular formula is C24H18ClN5O4. The predicted molar refractivity (Wildman–Crippen MR) is 129 cm³/mol. The molecule has 0 fully saturated rings. The summed E-state index contributed by atoms with van der Waals surface area (Å²) in [5, 5.41) is 20.6. The summed E-state index contributed by atoms with van der Waals surface area (Å²) in [6.45, 7) is 1.92. The van der Waals surface area contributed by atoms with Crippen molar-refractivity contribution in [2.24, 2.45) is 0 Å². The second kappa shape index (κ2) is 9.55. The summed E-state index contributed by atoms with van der Waals surface area (Å²) >= 11 is 6.06. The van der Waals surface area contributed by atoms with E-state index in [0.29, 0.717) is 5.69 Å². The van der Waals surface area contributed by atoms with Gasteiger partial charge in [0.25, 0.3) is 17.5 Å². The lowest BCUT2D eigenvalue weighted by atomic mass is 10.1. The van der Waals surface area contributed by atoms with Crippen molar-refractivity contribution in [1.82, 2.24) is 9.78 Å². The third-order valence-electron chi connectivity index (χ3n) is 5.01. The number of carbonyl (C=O) groups excluding carboxylic acids is 2. The highest BCUT2D eigenvalue weighted by atomic mass is 35.5. The van der Waals surface area contributed by atoms with E-state index < -0.39 is 16.7 Å². The van der Waals surface area contributed by atoms with Gasteiger partial charge in [0.1, 0.15) is 0 Å². The zero-order valence-corrected chi connectivity index (χ0v) is 18.6. The molecule has 0 saturated carbocycles. The maximum Gasteiger partial charge on any atom is 0.270 e. The van der Waals surface area contributed by atoms with E-state index in [1.54, 1.807) is 53.3 Å². The second-order valence-electron chi connectivity index (χ2n) is 7.31. The largest absolute Gasteiger partial charge is 0.322 e. The molecule has 0 saturated heterocycles. The molecule has 10 heteroatoms. The van der Waals surface area contributed by atoms with Crippen molar-refractivity contribution in [2.45, 2.75) is 6.92 Å². The number of halogens is 1. The van der Waals surface area contributed by atoms with Crippen LogP contribution in [0, 0.1) is 17.0 Å². The topological polar surface area (TPSA) is 119 Å². The van der Waals surface area contributed by atoms with E-state index in [2.05, 4.69) is 15.7 Å². The van der Waals surface area contributed by atoms with Crippen LogP contribution in [0.1, 0.15) is 26.4 Å². The molecule has 2 N–H and O–H groups in total. The highest BCUT2D eigenvalue weighted by Gasteiger charge is 2.18. The molecule has 0 radical (unpaired) electrons. The molecule has 0 aliphatic heterocycles. The first-order valence-electron chi connectivity index (χ1n) is 10.1. The van der Waals surface area contributed by atoms with E-state index in [4.69, 9.17) is 11.6 Å². The minimum Gasteiger partial charge on any atom is -0.322 e. The maximum atomic E-state index is 13.0. The van der Waals surface area contributed by atoms with Gasteiger partial charge in [0.2, 0.25) is 0 Å². The number of nitrogens with zero attached hydrogens (tertiary/aromatic N) is 3. The van der Waals surface area contributed by atoms with Gasteiger partial charge in [-0.3, -0.25) is 19.7 Å². The molecule has 170 valence electrons. The third kappa shape index (κ3) is 4.79. The van der Waals surface area contributed by atoms with Gasteiger partial charge in [0.15, 0.2) is 0 Å². The fourth-order valence-corrected chi connectivity index (χ4v) is 3.60. The number of para-hydroxylation sites is 1. The summed E-state index contributed by atoms with van der Waals surface area (Å²) in [4.78, 5) is 36.1. The molecule has 34 heavy (non-hydrogen) atoms. The lowest BCUT2D eigenvalue weighted by molar-refractivity contribution is -0.384. The molecule has 1 aromatic heterocycles. The average molecular weight is 476 g/mol. The van der Waals surface area contributed by atoms with Gasteiger partial charge in [0, 0.05) is 29.7 Å². The minimum absolute atomic E-state index is 0.0461. The summed E-state index contributed by atoms with van der Waals surface area (Å²) in [6, 6.07) is 19.1. The van der Waals surface area contributed by atoms with Gasteiger partial charge in [0.05, 0.1) is 32.4 Å². The highest BCUT2D eigenvalue weighted by Crippen LogP contribution is 2.25. The van der Waals surface area contributed by atoms with E-state index in [0.717, 1.165) is 17.4 Å². The lowest BCUT2D eigenvalue weighted by Crippen LogP contribution is -2.18. The van der Waals surface area contributed by atoms with Gasteiger partial charge in [-0.05, 0) is 49.4 Å². The molecule has 0 spiro atoms. The first kappa shape index (κ1) is 22.7. The smallest absolute Gasteiger partial charge is 0.270 e. The highest BCUT2D eigenvalue weighted by molar-refractivity contribution is 6.34. The molecule has 0 unspecified atom stereocenters. The number of nitro benzene ring substituents is 1. The normalized spacial score (nSPS) is 10.5. The Labute approximate surface area is 199 Å². The number of amides is 2. The van der Waals surface area contributed by atoms with Crippen molar-refractivity contribution < 1.29 is 14.5 Å². The molecule has 0 atom stereocenters. The number of benzene rings is 3. The minimum atomic E-state index is -0.601. The molecule has 4 rings (SSSR count). The van der Waals surface area contributed by atoms with Crippen LogP contribution in [0.2, 0.25) is 5.02 Å². The summed E-state index contributed by atoms with van der Waals surface area (Å²) in [5.41, 5.74) is 2.60. The fraction of sp³-hybridized carbons (Fsp3) is 0.0417. The van der Waals surface area contributed by atoms with Gasteiger partial charge in [-0.1, -0.05) is 29.8 Å². The van der Waals surface area contributed by atoms with Crippen LogP contribution in [0.25, 0.3) is 5.69 Å². The quantitative estimate of drug-likeness (QED) is 0.291. The summed E-state index contributed by atoms with van der Waals surface area (Å²) in [5.74, 6) is -1.03. The number of aromatic nitrogens is 2. The number of anilines is 2. The summed E-state index contributed by atoms with van der Waals surface area (Å²) < 4.78 is 1.75. The van der Waals surface area contributed by atoms with E-state index in [1.807, 2.05) is 19.1 Å². The number of hydrogen-bond acceptors (Lipinski definition) is 5. The maximum absolute atomic E-state index is 13.0. The van der Waals surface area contributed by atoms with Crippen molar-refractivity contribution in [3.05, 3.63) is 111 Å². The summed E-state index contributed by atoms with van der Waals surface area (Å²) in [6.07, 6.45) is 1.69. The van der Waals surface area contributed by atoms with E-state index in [9.17, 15) is 19.7 Å². The third-order valence-corrected chi connectivity index (χ3v) is 5.32. The van der Waals surface area contributed by atoms with Gasteiger partial charge in [-0.15, -0.1) is 0 Å². The Bertz CT molecular complexity index is 1420. The Morgan fingerprint density at radius 3 is 2.41 bits per heavy atom. The standard InChI is InChI=1S/C24H18ClN5O4/c1-15-11-12-26-29(15)17-6-4-5-16(13-17)27-24(32)20-7-2-3-8-22(20)28-23(31)19-10-9-18(30(33)34)14-21(19)25/h2-14H,1H3,(H,27,32)(H,28,31). The van der Waals surface area contributed by atoms with Crippen LogP contribution in [0.5, 0.6) is 0 Å². The zero-order chi connectivity index (χ0) is 24.2. The van der Waals surface area contributed by atoms with Crippen LogP contribution in [-0.2, 0) is 0 Å². The van der Waals surface area contributed by atoms with Crippen LogP contribution >= 0.6 is 11.6 Å². The monoisotopic (exact) mass is 475 g/mol. The first-order valence-corrected chi connectivity index (χ1v) is 10.5. The van der Waals surface area contributed by atoms with Crippen molar-refractivity contribution >= 4 is 40.5 Å². The van der Waals surface area contributed by atoms with E-state index in [1.165, 1.54) is 12.1 Å². The molecule has 0 aliphatic carbocycles. The number of nitrogens with one attached hydrogen (secondary N) is 2. The fourth-order valence-electron chi connectivity index (χ4n) is 3.34. The van der Waals surface area contributed by atoms with Gasteiger partial charge in [-0.2, -0.15) is 5.10 Å². The molecule has 0 bridgehead atoms. The van der Waals surface area contributed by atoms with Gasteiger partial charge in [-0.25, -0.2) is 4.68 Å². The van der Waals surface area contributed by atoms with Crippen LogP contribution in [0.4, 0.5) is 17.1 Å². The Morgan fingerprint density at radius 2 is 1.71 bits per heavy atom. The van der Waals surface area contributed by atoms with Crippen LogP contribution in [0.3, 0.4) is 0 Å². The summed E-state index contributed by atoms with van der Waals surface area (Å²) in [7, 11) is 0. The zero-order valence-electron chi connectivity index (χ0n) is 17.9. The predicted octanol–water partition coefficient (Wildman–Crippen LogP) is 5.25. The first-order chi connectivity index (χ1) is 16.3. The van der Waals surface area contributed by atoms with E-state index >= 15 is 0 Å². The number of nitro groups is 1. The molecule has 2 amide bonds. The number of aryl methyl sites for hydroxylation is 1. The van der Waals surface area contributed by atoms with Gasteiger partial charge >= 0.3 is 0 Å². The average Bonchev–Trinajstić information content (AvgIpc) is 3.25. The number of hydrogen-bond donors (Lipinski definition) is 2. The molecular weight excluding hydrogens is 458 g/mol. The van der Waals surface area contributed by atoms with Crippen molar-refractivity contribution in [1.29, 1.82) is 0 Å². The molecule has 1 heterocycles. The molecule has 0 aliphatic rings.